The molecule has 0 aliphatic carbocycles. The number of aromatic nitrogens is 3. The SMILES string of the molecule is CC(C)(C)OC(=O)N(CCCO)c1cc(N2CCc3ccccc3CC2)nc(-c2ccccn2)n1. The second kappa shape index (κ2) is 10.8. The lowest BCUT2D eigenvalue weighted by molar-refractivity contribution is 0.0577. The number of aliphatic hydroxyl groups excluding tert-OH is 1. The van der Waals surface area contributed by atoms with Crippen LogP contribution in [0.3, 0.4) is 0 Å². The maximum atomic E-state index is 13.1. The number of benzene rings is 1. The maximum absolute atomic E-state index is 13.1. The number of hydrogen-bond donors (Lipinski definition) is 1. The Kier molecular flexibility index (Phi) is 7.60. The van der Waals surface area contributed by atoms with Gasteiger partial charge in [-0.25, -0.2) is 14.8 Å². The Bertz CT molecular complexity index is 1120. The first-order chi connectivity index (χ1) is 16.8. The number of ether oxygens (including phenoxy) is 1. The van der Waals surface area contributed by atoms with Gasteiger partial charge in [0, 0.05) is 38.5 Å². The molecule has 3 aromatic rings. The highest BCUT2D eigenvalue weighted by molar-refractivity contribution is 5.87. The lowest BCUT2D eigenvalue weighted by Gasteiger charge is -2.28. The van der Waals surface area contributed by atoms with E-state index in [9.17, 15) is 9.90 Å². The molecule has 0 atom stereocenters. The first-order valence-corrected chi connectivity index (χ1v) is 12.1. The molecule has 184 valence electrons. The summed E-state index contributed by atoms with van der Waals surface area (Å²) in [5, 5.41) is 9.45. The van der Waals surface area contributed by atoms with Gasteiger partial charge in [0.2, 0.25) is 0 Å². The number of fused-ring (bicyclic) bond motifs is 1. The van der Waals surface area contributed by atoms with Gasteiger partial charge in [0.1, 0.15) is 22.9 Å². The molecule has 0 unspecified atom stereocenters. The molecular formula is C27H33N5O3. The van der Waals surface area contributed by atoms with Crippen LogP contribution in [-0.4, -0.2) is 58.0 Å². The van der Waals surface area contributed by atoms with Crippen LogP contribution in [0.15, 0.2) is 54.7 Å². The predicted molar refractivity (Wildman–Crippen MR) is 137 cm³/mol. The number of carbonyl (C=O) groups is 1. The highest BCUT2D eigenvalue weighted by Crippen LogP contribution is 2.27. The van der Waals surface area contributed by atoms with Crippen LogP contribution in [0.5, 0.6) is 0 Å². The summed E-state index contributed by atoms with van der Waals surface area (Å²) in [7, 11) is 0. The van der Waals surface area contributed by atoms with Crippen LogP contribution in [0.25, 0.3) is 11.5 Å². The van der Waals surface area contributed by atoms with E-state index in [2.05, 4.69) is 34.1 Å². The average Bonchev–Trinajstić information content (AvgIpc) is 3.06. The van der Waals surface area contributed by atoms with Crippen LogP contribution in [0.4, 0.5) is 16.4 Å². The zero-order valence-corrected chi connectivity index (χ0v) is 20.6. The topological polar surface area (TPSA) is 91.7 Å². The number of aliphatic hydroxyl groups is 1. The Balaban J connectivity index is 1.73. The summed E-state index contributed by atoms with van der Waals surface area (Å²) in [6.45, 7) is 7.32. The number of carbonyl (C=O) groups excluding carboxylic acids is 1. The molecule has 1 amide bonds. The normalized spacial score (nSPS) is 13.7. The van der Waals surface area contributed by atoms with Crippen molar-refractivity contribution in [2.24, 2.45) is 0 Å². The molecule has 3 heterocycles. The van der Waals surface area contributed by atoms with Gasteiger partial charge in [-0.1, -0.05) is 30.3 Å². The van der Waals surface area contributed by atoms with E-state index >= 15 is 0 Å². The van der Waals surface area contributed by atoms with Crippen LogP contribution < -0.4 is 9.80 Å². The average molecular weight is 476 g/mol. The minimum absolute atomic E-state index is 0.0469. The van der Waals surface area contributed by atoms with Gasteiger partial charge < -0.3 is 14.7 Å². The smallest absolute Gasteiger partial charge is 0.416 e. The van der Waals surface area contributed by atoms with Crippen molar-refractivity contribution in [2.45, 2.75) is 45.6 Å². The Labute approximate surface area is 206 Å². The van der Waals surface area contributed by atoms with Crippen molar-refractivity contribution >= 4 is 17.7 Å². The molecule has 1 aliphatic heterocycles. The summed E-state index contributed by atoms with van der Waals surface area (Å²) in [4.78, 5) is 30.8. The molecule has 35 heavy (non-hydrogen) atoms. The minimum Gasteiger partial charge on any atom is -0.443 e. The third-order valence-corrected chi connectivity index (χ3v) is 5.77. The lowest BCUT2D eigenvalue weighted by Crippen LogP contribution is -2.38. The van der Waals surface area contributed by atoms with Gasteiger partial charge in [-0.15, -0.1) is 0 Å². The molecule has 0 bridgehead atoms. The minimum atomic E-state index is -0.662. The van der Waals surface area contributed by atoms with Crippen molar-refractivity contribution in [2.75, 3.05) is 36.0 Å². The Hall–Kier alpha value is -3.52. The number of pyridine rings is 1. The fraction of sp³-hybridized carbons (Fsp3) is 0.407. The van der Waals surface area contributed by atoms with Crippen molar-refractivity contribution < 1.29 is 14.6 Å². The summed E-state index contributed by atoms with van der Waals surface area (Å²) in [5.41, 5.74) is 2.67. The van der Waals surface area contributed by atoms with E-state index in [1.165, 1.54) is 16.0 Å². The van der Waals surface area contributed by atoms with Crippen LogP contribution in [0, 0.1) is 0 Å². The van der Waals surface area contributed by atoms with Crippen molar-refractivity contribution in [3.63, 3.8) is 0 Å². The second-order valence-corrected chi connectivity index (χ2v) is 9.59. The van der Waals surface area contributed by atoms with Gasteiger partial charge in [0.25, 0.3) is 0 Å². The van der Waals surface area contributed by atoms with Crippen LogP contribution in [0.1, 0.15) is 38.3 Å². The van der Waals surface area contributed by atoms with Crippen LogP contribution in [-0.2, 0) is 17.6 Å². The van der Waals surface area contributed by atoms with Gasteiger partial charge in [-0.3, -0.25) is 9.88 Å². The largest absolute Gasteiger partial charge is 0.443 e. The predicted octanol–water partition coefficient (Wildman–Crippen LogP) is 4.27. The standard InChI is InChI=1S/C27H33N5O3/c1-27(2,3)35-26(34)32(15-8-18-33)24-19-23(29-25(30-24)22-11-6-7-14-28-22)31-16-12-20-9-4-5-10-21(20)13-17-31/h4-7,9-11,14,19,33H,8,12-13,15-18H2,1-3H3. The van der Waals surface area contributed by atoms with Gasteiger partial charge in [-0.05, 0) is 63.3 Å². The number of amides is 1. The highest BCUT2D eigenvalue weighted by atomic mass is 16.6. The van der Waals surface area contributed by atoms with Gasteiger partial charge in [0.15, 0.2) is 5.82 Å². The van der Waals surface area contributed by atoms with E-state index < -0.39 is 11.7 Å². The zero-order chi connectivity index (χ0) is 24.8. The number of anilines is 2. The van der Waals surface area contributed by atoms with E-state index in [0.29, 0.717) is 23.8 Å². The summed E-state index contributed by atoms with van der Waals surface area (Å²) in [6, 6.07) is 15.9. The van der Waals surface area contributed by atoms with Crippen molar-refractivity contribution in [3.05, 3.63) is 65.9 Å². The van der Waals surface area contributed by atoms with Gasteiger partial charge >= 0.3 is 6.09 Å². The van der Waals surface area contributed by atoms with Crippen molar-refractivity contribution in [1.29, 1.82) is 0 Å². The highest BCUT2D eigenvalue weighted by Gasteiger charge is 2.26. The number of rotatable bonds is 6. The summed E-state index contributed by atoms with van der Waals surface area (Å²) in [5.74, 6) is 1.61. The molecule has 0 saturated heterocycles. The molecule has 0 fully saturated rings. The molecule has 0 radical (unpaired) electrons. The third-order valence-electron chi connectivity index (χ3n) is 5.77. The molecule has 1 N–H and O–H groups in total. The molecule has 0 saturated carbocycles. The molecule has 8 heteroatoms. The fourth-order valence-electron chi connectivity index (χ4n) is 4.07. The van der Waals surface area contributed by atoms with Crippen molar-refractivity contribution in [3.8, 4) is 11.5 Å². The lowest BCUT2D eigenvalue weighted by atomic mass is 10.0. The van der Waals surface area contributed by atoms with E-state index in [-0.39, 0.29) is 13.2 Å². The van der Waals surface area contributed by atoms with E-state index in [4.69, 9.17) is 14.7 Å². The molecular weight excluding hydrogens is 442 g/mol. The van der Waals surface area contributed by atoms with Crippen molar-refractivity contribution in [1.82, 2.24) is 15.0 Å². The zero-order valence-electron chi connectivity index (χ0n) is 20.6. The number of nitrogens with zero attached hydrogens (tertiary/aromatic N) is 5. The molecule has 0 spiro atoms. The summed E-state index contributed by atoms with van der Waals surface area (Å²) >= 11 is 0. The Morgan fingerprint density at radius 1 is 1.06 bits per heavy atom. The molecule has 1 aromatic carbocycles. The Morgan fingerprint density at radius 2 is 1.74 bits per heavy atom. The second-order valence-electron chi connectivity index (χ2n) is 9.59. The quantitative estimate of drug-likeness (QED) is 0.569. The molecule has 4 rings (SSSR count). The summed E-state index contributed by atoms with van der Waals surface area (Å²) < 4.78 is 5.66. The van der Waals surface area contributed by atoms with Gasteiger partial charge in [-0.2, -0.15) is 0 Å². The van der Waals surface area contributed by atoms with E-state index in [0.717, 1.165) is 31.7 Å². The van der Waals surface area contributed by atoms with Gasteiger partial charge in [0.05, 0.1) is 0 Å². The van der Waals surface area contributed by atoms with Crippen LogP contribution in [0.2, 0.25) is 0 Å². The summed E-state index contributed by atoms with van der Waals surface area (Å²) in [6.07, 6.45) is 3.41. The molecule has 8 nitrogen and oxygen atoms in total. The Morgan fingerprint density at radius 3 is 2.34 bits per heavy atom. The number of hydrogen-bond acceptors (Lipinski definition) is 7. The third kappa shape index (κ3) is 6.33. The molecule has 1 aliphatic rings. The maximum Gasteiger partial charge on any atom is 0.416 e. The van der Waals surface area contributed by atoms with E-state index in [1.54, 1.807) is 6.20 Å². The fourth-order valence-corrected chi connectivity index (χ4v) is 4.07. The first kappa shape index (κ1) is 24.6. The van der Waals surface area contributed by atoms with E-state index in [1.807, 2.05) is 45.0 Å². The monoisotopic (exact) mass is 475 g/mol. The molecule has 2 aromatic heterocycles. The van der Waals surface area contributed by atoms with Crippen LogP contribution >= 0.6 is 0 Å². The first-order valence-electron chi connectivity index (χ1n) is 12.1.